The predicted molar refractivity (Wildman–Crippen MR) is 250 cm³/mol. The smallest absolute Gasteiger partial charge is 0.0492 e. The van der Waals surface area contributed by atoms with E-state index in [2.05, 4.69) is 120 Å². The number of thiophene rings is 1. The first-order valence-electron chi connectivity index (χ1n) is 23.3. The first-order valence-corrected chi connectivity index (χ1v) is 24.1. The Morgan fingerprint density at radius 2 is 0.907 bits per heavy atom. The molecule has 5 fully saturated rings. The van der Waals surface area contributed by atoms with Gasteiger partial charge in [-0.05, 0) is 66.7 Å². The van der Waals surface area contributed by atoms with Crippen LogP contribution < -0.4 is 0 Å². The van der Waals surface area contributed by atoms with Crippen LogP contribution in [0.3, 0.4) is 0 Å². The highest BCUT2D eigenvalue weighted by Gasteiger charge is 2.10. The molecule has 1 aromatic carbocycles. The van der Waals surface area contributed by atoms with Gasteiger partial charge < -0.3 is 4.74 Å². The van der Waals surface area contributed by atoms with Gasteiger partial charge in [-0.3, -0.25) is 0 Å². The van der Waals surface area contributed by atoms with E-state index in [0.717, 1.165) is 42.8 Å². The van der Waals surface area contributed by atoms with Gasteiger partial charge in [0, 0.05) is 18.1 Å². The molecule has 318 valence electrons. The Bertz CT molecular complexity index is 894. The first kappa shape index (κ1) is 55.0. The van der Waals surface area contributed by atoms with Crippen LogP contribution in [0, 0.1) is 48.9 Å². The number of benzene rings is 1. The molecule has 2 heterocycles. The second-order valence-electron chi connectivity index (χ2n) is 19.1. The summed E-state index contributed by atoms with van der Waals surface area (Å²) in [5.41, 5.74) is 1.82. The lowest BCUT2D eigenvalue weighted by Gasteiger charge is -2.18. The quantitative estimate of drug-likeness (QED) is 0.296. The van der Waals surface area contributed by atoms with Crippen molar-refractivity contribution in [1.29, 1.82) is 0 Å². The number of ether oxygens (including phenoxy) is 1. The molecule has 7 rings (SSSR count). The molecule has 5 aliphatic rings. The van der Waals surface area contributed by atoms with Crippen molar-refractivity contribution in [2.75, 3.05) is 13.2 Å². The number of aryl methyl sites for hydroxylation is 2. The third-order valence-corrected chi connectivity index (χ3v) is 11.1. The van der Waals surface area contributed by atoms with E-state index < -0.39 is 0 Å². The van der Waals surface area contributed by atoms with Crippen molar-refractivity contribution in [3.63, 3.8) is 0 Å². The highest BCUT2D eigenvalue weighted by atomic mass is 32.1. The highest BCUT2D eigenvalue weighted by Crippen LogP contribution is 2.25. The van der Waals surface area contributed by atoms with E-state index >= 15 is 0 Å². The van der Waals surface area contributed by atoms with Crippen molar-refractivity contribution >= 4 is 11.3 Å². The maximum absolute atomic E-state index is 5.06. The van der Waals surface area contributed by atoms with Gasteiger partial charge in [0.15, 0.2) is 0 Å². The molecule has 0 bridgehead atoms. The molecule has 54 heavy (non-hydrogen) atoms. The fourth-order valence-corrected chi connectivity index (χ4v) is 6.79. The van der Waals surface area contributed by atoms with Crippen molar-refractivity contribution in [3.8, 4) is 0 Å². The highest BCUT2D eigenvalue weighted by molar-refractivity contribution is 7.09. The minimum absolute atomic E-state index is 0.500. The molecule has 1 nitrogen and oxygen atoms in total. The van der Waals surface area contributed by atoms with E-state index in [9.17, 15) is 0 Å². The molecule has 2 aromatic rings. The lowest BCUT2D eigenvalue weighted by molar-refractivity contribution is 0.188. The van der Waals surface area contributed by atoms with Gasteiger partial charge in [-0.1, -0.05) is 247 Å². The Hall–Kier alpha value is -1.12. The number of hydrogen-bond donors (Lipinski definition) is 0. The maximum Gasteiger partial charge on any atom is 0.0492 e. The molecule has 1 unspecified atom stereocenters. The molecule has 1 aliphatic heterocycles. The zero-order valence-corrected chi connectivity index (χ0v) is 39.9. The van der Waals surface area contributed by atoms with Crippen molar-refractivity contribution in [1.82, 2.24) is 0 Å². The molecule has 1 aromatic heterocycles. The van der Waals surface area contributed by atoms with E-state index in [0.29, 0.717) is 5.41 Å². The van der Waals surface area contributed by atoms with Crippen LogP contribution in [0.5, 0.6) is 0 Å². The lowest BCUT2D eigenvalue weighted by atomic mass is 9.88. The summed E-state index contributed by atoms with van der Waals surface area (Å²) in [4.78, 5) is 1.38. The molecule has 0 radical (unpaired) electrons. The molecule has 0 amide bonds. The fraction of sp³-hybridized carbons (Fsp3) is 0.808. The summed E-state index contributed by atoms with van der Waals surface area (Å²) in [5.74, 6) is 5.01. The Kier molecular flexibility index (Phi) is 39.4. The molecule has 4 saturated carbocycles. The zero-order chi connectivity index (χ0) is 40.9. The third kappa shape index (κ3) is 47.0. The van der Waals surface area contributed by atoms with Gasteiger partial charge in [-0.15, -0.1) is 11.3 Å². The van der Waals surface area contributed by atoms with E-state index in [1.807, 2.05) is 18.2 Å². The van der Waals surface area contributed by atoms with Crippen LogP contribution in [-0.4, -0.2) is 13.2 Å². The SMILES string of the molecule is CC(C)(C)C.CC1CCC1.CC1CCCC1.CC1CCCCC1.CC1CCCCC1.CC1CCOC1.CCCCC.Cc1ccccc1.Cc1cccs1. The van der Waals surface area contributed by atoms with Crippen LogP contribution in [-0.2, 0) is 4.74 Å². The Balaban J connectivity index is 0. The molecule has 2 heteroatoms. The molecule has 1 saturated heterocycles. The Labute approximate surface area is 346 Å². The monoisotopic (exact) mass is 771 g/mol. The summed E-state index contributed by atoms with van der Waals surface area (Å²) in [5, 5.41) is 2.08. The summed E-state index contributed by atoms with van der Waals surface area (Å²) >= 11 is 1.78. The van der Waals surface area contributed by atoms with Gasteiger partial charge in [0.2, 0.25) is 0 Å². The Morgan fingerprint density at radius 3 is 1.02 bits per heavy atom. The third-order valence-electron chi connectivity index (χ3n) is 10.3. The maximum atomic E-state index is 5.06. The summed E-state index contributed by atoms with van der Waals surface area (Å²) < 4.78 is 5.06. The largest absolute Gasteiger partial charge is 0.381 e. The minimum Gasteiger partial charge on any atom is -0.381 e. The van der Waals surface area contributed by atoms with Gasteiger partial charge in [-0.2, -0.15) is 0 Å². The van der Waals surface area contributed by atoms with Crippen molar-refractivity contribution in [2.45, 2.75) is 225 Å². The van der Waals surface area contributed by atoms with Gasteiger partial charge in [0.05, 0.1) is 0 Å². The van der Waals surface area contributed by atoms with Crippen molar-refractivity contribution < 1.29 is 4.74 Å². The normalized spacial score (nSPS) is 19.6. The van der Waals surface area contributed by atoms with Crippen LogP contribution in [0.1, 0.15) is 221 Å². The molecule has 0 spiro atoms. The van der Waals surface area contributed by atoms with Crippen LogP contribution >= 0.6 is 11.3 Å². The molecular weight excluding hydrogens is 673 g/mol. The standard InChI is InChI=1S/2C7H14.C7H8.C6H12.C5H10O.C5H6S.C5H10.2C5H12/c3*1-7-5-3-2-4-6-7;1-6-4-2-3-5-6;1-5-2-3-6-4-5;1-5-3-2-4-6-5;1-5-3-2-4-5;1-5(2,3)4;1-3-5-4-2/h2*7H,2-6H2,1H3;2-6H,1H3;6H,2-5H2,1H3;5H,2-4H2,1H3;2-4H,1H3;5H,2-4H2,1H3;1-4H3;3-5H2,1-2H3. The minimum atomic E-state index is 0.500. The summed E-state index contributed by atoms with van der Waals surface area (Å²) in [7, 11) is 0. The average molecular weight is 771 g/mol. The van der Waals surface area contributed by atoms with Crippen molar-refractivity contribution in [3.05, 3.63) is 58.3 Å². The number of unbranched alkanes of at least 4 members (excludes halogenated alkanes) is 2. The van der Waals surface area contributed by atoms with Gasteiger partial charge in [0.1, 0.15) is 0 Å². The summed E-state index contributed by atoms with van der Waals surface area (Å²) in [6.45, 7) is 30.9. The predicted octanol–water partition coefficient (Wildman–Crippen LogP) is 18.5. The number of hydrogen-bond acceptors (Lipinski definition) is 2. The molecule has 4 aliphatic carbocycles. The molecular formula is C52H98OS. The second-order valence-corrected chi connectivity index (χ2v) is 20.3. The Morgan fingerprint density at radius 1 is 0.519 bits per heavy atom. The van der Waals surface area contributed by atoms with Gasteiger partial charge in [0.25, 0.3) is 0 Å². The van der Waals surface area contributed by atoms with E-state index in [1.54, 1.807) is 11.3 Å². The summed E-state index contributed by atoms with van der Waals surface area (Å²) in [6.07, 6.45) is 30.6. The average Bonchev–Trinajstić information content (AvgIpc) is 3.92. The van der Waals surface area contributed by atoms with Crippen LogP contribution in [0.2, 0.25) is 0 Å². The van der Waals surface area contributed by atoms with E-state index in [1.165, 1.54) is 145 Å². The zero-order valence-electron chi connectivity index (χ0n) is 39.1. The fourth-order valence-electron chi connectivity index (χ4n) is 6.26. The first-order chi connectivity index (χ1) is 25.7. The summed E-state index contributed by atoms with van der Waals surface area (Å²) in [6, 6.07) is 14.4. The lowest BCUT2D eigenvalue weighted by Crippen LogP contribution is -2.04. The topological polar surface area (TPSA) is 9.23 Å². The van der Waals surface area contributed by atoms with Gasteiger partial charge >= 0.3 is 0 Å². The molecule has 1 atom stereocenters. The van der Waals surface area contributed by atoms with Crippen LogP contribution in [0.15, 0.2) is 47.8 Å². The van der Waals surface area contributed by atoms with Crippen LogP contribution in [0.4, 0.5) is 0 Å². The molecule has 0 N–H and O–H groups in total. The van der Waals surface area contributed by atoms with E-state index in [-0.39, 0.29) is 0 Å². The van der Waals surface area contributed by atoms with Crippen LogP contribution in [0.25, 0.3) is 0 Å². The van der Waals surface area contributed by atoms with E-state index in [4.69, 9.17) is 4.74 Å². The van der Waals surface area contributed by atoms with Gasteiger partial charge in [-0.25, -0.2) is 0 Å². The van der Waals surface area contributed by atoms with Crippen molar-refractivity contribution in [2.24, 2.45) is 35.0 Å². The second kappa shape index (κ2) is 38.7. The number of rotatable bonds is 2.